The monoisotopic (exact) mass is 1010 g/mol. The Morgan fingerprint density at radius 3 is 1.80 bits per heavy atom. The van der Waals surface area contributed by atoms with Gasteiger partial charge in [-0.15, -0.1) is 0 Å². The Bertz CT molecular complexity index is 2530. The number of nitrogens with zero attached hydrogens (tertiary/aromatic N) is 3. The molecular formula is C61H75BrN4O4. The third kappa shape index (κ3) is 12.1. The fourth-order valence-electron chi connectivity index (χ4n) is 12.7. The molecule has 370 valence electrons. The van der Waals surface area contributed by atoms with Crippen LogP contribution in [-0.2, 0) is 37.5 Å². The molecule has 0 unspecified atom stereocenters. The molecule has 3 aromatic rings. The van der Waals surface area contributed by atoms with Gasteiger partial charge in [0.05, 0.1) is 18.7 Å². The number of Topliss-reactive ketones (excluding diaryl/α,β-unsaturated/α-hetero) is 1. The minimum absolute atomic E-state index is 0. The van der Waals surface area contributed by atoms with E-state index < -0.39 is 0 Å². The van der Waals surface area contributed by atoms with E-state index in [1.54, 1.807) is 6.08 Å². The van der Waals surface area contributed by atoms with Gasteiger partial charge in [0.2, 0.25) is 11.8 Å². The van der Waals surface area contributed by atoms with Crippen LogP contribution in [0.5, 0.6) is 0 Å². The van der Waals surface area contributed by atoms with Crippen LogP contribution in [0.25, 0.3) is 0 Å². The van der Waals surface area contributed by atoms with Crippen LogP contribution in [-0.4, -0.2) is 28.3 Å². The number of fused-ring (bicyclic) bond motifs is 6. The summed E-state index contributed by atoms with van der Waals surface area (Å²) in [4.78, 5) is 54.1. The van der Waals surface area contributed by atoms with Crippen molar-refractivity contribution in [3.63, 3.8) is 0 Å². The first kappa shape index (κ1) is 55.3. The van der Waals surface area contributed by atoms with Crippen LogP contribution >= 0.6 is 15.9 Å². The first-order chi connectivity index (χ1) is 32.8. The van der Waals surface area contributed by atoms with Gasteiger partial charge in [0, 0.05) is 72.5 Å². The van der Waals surface area contributed by atoms with E-state index in [9.17, 15) is 24.4 Å². The zero-order valence-corrected chi connectivity index (χ0v) is 41.9. The van der Waals surface area contributed by atoms with Crippen molar-refractivity contribution in [3.8, 4) is 12.1 Å². The minimum Gasteiger partial charge on any atom is -0.333 e. The molecule has 0 saturated heterocycles. The van der Waals surface area contributed by atoms with Crippen molar-refractivity contribution in [2.75, 3.05) is 0 Å². The van der Waals surface area contributed by atoms with E-state index in [0.29, 0.717) is 56.9 Å². The quantitative estimate of drug-likeness (QED) is 0.212. The number of nitrogens with one attached hydrogen (secondary N) is 1. The van der Waals surface area contributed by atoms with E-state index in [-0.39, 0.29) is 72.7 Å². The summed E-state index contributed by atoms with van der Waals surface area (Å²) < 4.78 is 0. The van der Waals surface area contributed by atoms with E-state index in [0.717, 1.165) is 72.5 Å². The van der Waals surface area contributed by atoms with Crippen molar-refractivity contribution in [1.29, 1.82) is 10.5 Å². The lowest BCUT2D eigenvalue weighted by molar-refractivity contribution is -0.131. The van der Waals surface area contributed by atoms with Crippen LogP contribution < -0.4 is 5.32 Å². The normalized spacial score (nSPS) is 27.7. The van der Waals surface area contributed by atoms with Crippen LogP contribution in [0.3, 0.4) is 0 Å². The van der Waals surface area contributed by atoms with Gasteiger partial charge >= 0.3 is 0 Å². The summed E-state index contributed by atoms with van der Waals surface area (Å²) in [6, 6.07) is 35.2. The summed E-state index contributed by atoms with van der Waals surface area (Å²) in [5.41, 5.74) is 8.68. The second-order valence-electron chi connectivity index (χ2n) is 20.3. The summed E-state index contributed by atoms with van der Waals surface area (Å²) in [6.45, 7) is 9.10. The molecule has 2 amide bonds. The summed E-state index contributed by atoms with van der Waals surface area (Å²) in [7, 11) is 0. The van der Waals surface area contributed by atoms with E-state index in [2.05, 4.69) is 96.8 Å². The number of benzene rings is 3. The Morgan fingerprint density at radius 1 is 0.686 bits per heavy atom. The van der Waals surface area contributed by atoms with Crippen LogP contribution in [0.1, 0.15) is 136 Å². The number of rotatable bonds is 9. The highest BCUT2D eigenvalue weighted by atomic mass is 79.9. The largest absolute Gasteiger partial charge is 0.333 e. The van der Waals surface area contributed by atoms with E-state index in [1.807, 2.05) is 72.6 Å². The molecule has 9 heteroatoms. The van der Waals surface area contributed by atoms with Crippen molar-refractivity contribution < 1.29 is 19.2 Å². The Morgan fingerprint density at radius 2 is 1.21 bits per heavy atom. The average Bonchev–Trinajstić information content (AvgIpc) is 3.58. The SMILES string of the molecule is BrCc1ccccc1.C.C.CC1=C(Cc2ccccc2)C(=O)[C@H]2[C@@H](CCC3=CN(Cc4ccccc4)C(=O)CC[C@@]32C)[C@@H]1CCC#N.CC1=CC(=O)[C@H]2[C@@H](CCC3=CNC(=O)CC[C@@]32C)[C@@H]1CCC#N. The Balaban J connectivity index is 0.000000235. The summed E-state index contributed by atoms with van der Waals surface area (Å²) in [6.07, 6.45) is 15.1. The maximum Gasteiger partial charge on any atom is 0.226 e. The summed E-state index contributed by atoms with van der Waals surface area (Å²) in [5, 5.41) is 22.2. The number of carbonyl (C=O) groups excluding carboxylic acids is 4. The third-order valence-corrected chi connectivity index (χ3v) is 17.1. The van der Waals surface area contributed by atoms with Gasteiger partial charge in [0.1, 0.15) is 0 Å². The van der Waals surface area contributed by atoms with Gasteiger partial charge in [-0.1, -0.05) is 147 Å². The molecule has 0 radical (unpaired) electrons. The number of amides is 2. The molecule has 0 bridgehead atoms. The minimum atomic E-state index is -0.353. The Kier molecular flexibility index (Phi) is 19.7. The van der Waals surface area contributed by atoms with E-state index >= 15 is 0 Å². The fourth-order valence-corrected chi connectivity index (χ4v) is 13.1. The predicted octanol–water partition coefficient (Wildman–Crippen LogP) is 13.9. The van der Waals surface area contributed by atoms with Crippen LogP contribution in [0.15, 0.2) is 137 Å². The van der Waals surface area contributed by atoms with Gasteiger partial charge in [-0.25, -0.2) is 0 Å². The van der Waals surface area contributed by atoms with Crippen molar-refractivity contribution in [2.24, 2.45) is 46.3 Å². The molecule has 70 heavy (non-hydrogen) atoms. The van der Waals surface area contributed by atoms with Crippen LogP contribution in [0, 0.1) is 69.0 Å². The molecule has 1 N–H and O–H groups in total. The van der Waals surface area contributed by atoms with Gasteiger partial charge in [0.15, 0.2) is 11.6 Å². The lowest BCUT2D eigenvalue weighted by atomic mass is 9.50. The first-order valence-corrected chi connectivity index (χ1v) is 25.8. The summed E-state index contributed by atoms with van der Waals surface area (Å²) >= 11 is 3.36. The molecule has 2 heterocycles. The molecule has 9 rings (SSSR count). The number of hydrogen-bond acceptors (Lipinski definition) is 6. The van der Waals surface area contributed by atoms with E-state index in [4.69, 9.17) is 5.26 Å². The Hall–Kier alpha value is -5.64. The molecule has 0 spiro atoms. The van der Waals surface area contributed by atoms with Gasteiger partial charge in [-0.05, 0) is 128 Å². The number of carbonyl (C=O) groups is 4. The molecule has 6 aliphatic rings. The molecule has 8 atom stereocenters. The molecule has 2 saturated carbocycles. The highest BCUT2D eigenvalue weighted by molar-refractivity contribution is 9.08. The lowest BCUT2D eigenvalue weighted by Gasteiger charge is -2.52. The molecule has 8 nitrogen and oxygen atoms in total. The third-order valence-electron chi connectivity index (χ3n) is 16.4. The Labute approximate surface area is 427 Å². The number of hydrogen-bond donors (Lipinski definition) is 1. The topological polar surface area (TPSA) is 131 Å². The van der Waals surface area contributed by atoms with Crippen LogP contribution in [0.4, 0.5) is 0 Å². The molecule has 4 aliphatic carbocycles. The fraction of sp³-hybridized carbons (Fsp3) is 0.475. The predicted molar refractivity (Wildman–Crippen MR) is 284 cm³/mol. The molecular weight excluding hydrogens is 933 g/mol. The highest BCUT2D eigenvalue weighted by Crippen LogP contribution is 2.59. The first-order valence-electron chi connectivity index (χ1n) is 24.7. The van der Waals surface area contributed by atoms with Crippen molar-refractivity contribution in [1.82, 2.24) is 10.2 Å². The number of nitriles is 2. The second kappa shape index (κ2) is 25.0. The number of allylic oxidation sites excluding steroid dienone is 6. The molecule has 2 aliphatic heterocycles. The van der Waals surface area contributed by atoms with Gasteiger partial charge in [-0.2, -0.15) is 10.5 Å². The average molecular weight is 1010 g/mol. The standard InChI is InChI=1S/C33H36N2O2.C19H24N2O2.C7H7Br.2CH4/c1-23-27(14-9-19-34)28-16-15-26-22-35(21-25-12-7-4-8-13-25)30(36)17-18-33(26,2)31(28)32(37)29(23)20-24-10-5-3-6-11-24;1-12-10-16(22)18-15(14(12)4-3-9-20)6-5-13-11-21-17(23)7-8-19(13,18)2;8-6-7-4-2-1-3-5-7;;/h3-8,10-13,22,27-28,31H,9,14-18,20-21H2,1-2H3;10-11,14-15,18H,3-8H2,1-2H3,(H,21,23);1-5H,6H2;2*1H4/t27-,28+,31-,33+;14-,15+,18-,19+;;;/m11.../s1. The van der Waals surface area contributed by atoms with E-state index in [1.165, 1.54) is 22.3 Å². The van der Waals surface area contributed by atoms with Gasteiger partial charge in [0.25, 0.3) is 0 Å². The second-order valence-corrected chi connectivity index (χ2v) is 20.9. The number of ketones is 2. The van der Waals surface area contributed by atoms with Crippen molar-refractivity contribution in [3.05, 3.63) is 154 Å². The molecule has 3 aromatic carbocycles. The van der Waals surface area contributed by atoms with Crippen LogP contribution in [0.2, 0.25) is 0 Å². The van der Waals surface area contributed by atoms with Gasteiger partial charge in [-0.3, -0.25) is 19.2 Å². The van der Waals surface area contributed by atoms with Crippen molar-refractivity contribution >= 4 is 39.3 Å². The number of alkyl halides is 1. The van der Waals surface area contributed by atoms with Gasteiger partial charge < -0.3 is 10.2 Å². The zero-order valence-electron chi connectivity index (χ0n) is 40.3. The highest BCUT2D eigenvalue weighted by Gasteiger charge is 2.55. The number of halogens is 1. The molecule has 0 aromatic heterocycles. The molecule has 2 fully saturated rings. The lowest BCUT2D eigenvalue weighted by Crippen LogP contribution is -2.49. The van der Waals surface area contributed by atoms with Crippen molar-refractivity contribution in [2.45, 2.75) is 138 Å². The zero-order chi connectivity index (χ0) is 48.4. The maximum atomic E-state index is 14.4. The smallest absolute Gasteiger partial charge is 0.226 e. The summed E-state index contributed by atoms with van der Waals surface area (Å²) in [5.74, 6) is 1.52. The maximum absolute atomic E-state index is 14.4.